The number of nitrogens with zero attached hydrogens (tertiary/aromatic N) is 2. The molecule has 0 amide bonds. The maximum atomic E-state index is 12.2. The third kappa shape index (κ3) is 3.33. The van der Waals surface area contributed by atoms with Crippen molar-refractivity contribution in [2.24, 2.45) is 0 Å². The number of hydrogen-bond donors (Lipinski definition) is 2. The first kappa shape index (κ1) is 14.4. The van der Waals surface area contributed by atoms with Crippen LogP contribution in [-0.4, -0.2) is 23.6 Å². The Balaban J connectivity index is 2.28. The van der Waals surface area contributed by atoms with Gasteiger partial charge in [-0.3, -0.25) is 5.10 Å². The van der Waals surface area contributed by atoms with E-state index in [1.165, 1.54) is 18.5 Å². The van der Waals surface area contributed by atoms with Gasteiger partial charge in [-0.25, -0.2) is 18.1 Å². The van der Waals surface area contributed by atoms with Gasteiger partial charge in [-0.1, -0.05) is 27.5 Å². The molecule has 1 aromatic heterocycles. The Bertz CT molecular complexity index is 675. The van der Waals surface area contributed by atoms with Crippen molar-refractivity contribution in [2.45, 2.75) is 17.9 Å². The zero-order valence-corrected chi connectivity index (χ0v) is 12.9. The quantitative estimate of drug-likeness (QED) is 0.870. The molecule has 2 rings (SSSR count). The molecule has 0 radical (unpaired) electrons. The van der Waals surface area contributed by atoms with E-state index in [1.54, 1.807) is 13.0 Å². The summed E-state index contributed by atoms with van der Waals surface area (Å²) < 4.78 is 27.6. The van der Waals surface area contributed by atoms with Gasteiger partial charge in [-0.15, -0.1) is 0 Å². The molecule has 2 aromatic rings. The van der Waals surface area contributed by atoms with Crippen LogP contribution in [0.3, 0.4) is 0 Å². The van der Waals surface area contributed by atoms with Crippen molar-refractivity contribution in [3.8, 4) is 0 Å². The molecule has 0 aliphatic carbocycles. The normalized spacial score (nSPS) is 13.4. The topological polar surface area (TPSA) is 87.7 Å². The summed E-state index contributed by atoms with van der Waals surface area (Å²) >= 11 is 9.16. The fourth-order valence-corrected chi connectivity index (χ4v) is 3.71. The Morgan fingerprint density at radius 1 is 1.47 bits per heavy atom. The van der Waals surface area contributed by atoms with E-state index >= 15 is 0 Å². The van der Waals surface area contributed by atoms with Crippen LogP contribution in [0.2, 0.25) is 5.02 Å². The Hall–Kier alpha value is -0.960. The van der Waals surface area contributed by atoms with Crippen molar-refractivity contribution in [3.05, 3.63) is 39.8 Å². The molecule has 19 heavy (non-hydrogen) atoms. The fourth-order valence-electron chi connectivity index (χ4n) is 1.47. The highest BCUT2D eigenvalue weighted by Gasteiger charge is 2.22. The Kier molecular flexibility index (Phi) is 4.24. The van der Waals surface area contributed by atoms with Crippen LogP contribution in [0.15, 0.2) is 33.9 Å². The number of aromatic nitrogens is 3. The van der Waals surface area contributed by atoms with Gasteiger partial charge in [-0.2, -0.15) is 5.10 Å². The van der Waals surface area contributed by atoms with E-state index in [1.807, 2.05) is 0 Å². The van der Waals surface area contributed by atoms with Gasteiger partial charge >= 0.3 is 0 Å². The highest BCUT2D eigenvalue weighted by Crippen LogP contribution is 2.26. The first-order valence-electron chi connectivity index (χ1n) is 5.23. The van der Waals surface area contributed by atoms with Crippen LogP contribution in [0.4, 0.5) is 0 Å². The number of hydrogen-bond acceptors (Lipinski definition) is 4. The van der Waals surface area contributed by atoms with Crippen molar-refractivity contribution < 1.29 is 8.42 Å². The van der Waals surface area contributed by atoms with E-state index in [0.29, 0.717) is 10.3 Å². The Morgan fingerprint density at radius 2 is 2.21 bits per heavy atom. The van der Waals surface area contributed by atoms with Crippen LogP contribution in [-0.2, 0) is 10.0 Å². The van der Waals surface area contributed by atoms with E-state index in [4.69, 9.17) is 11.6 Å². The van der Waals surface area contributed by atoms with E-state index in [0.717, 1.165) is 0 Å². The molecule has 0 saturated heterocycles. The smallest absolute Gasteiger partial charge is 0.242 e. The largest absolute Gasteiger partial charge is 0.262 e. The molecule has 1 unspecified atom stereocenters. The van der Waals surface area contributed by atoms with Crippen molar-refractivity contribution >= 4 is 37.6 Å². The summed E-state index contributed by atoms with van der Waals surface area (Å²) in [6, 6.07) is 4.03. The molecular formula is C10H10BrClN4O2S. The zero-order chi connectivity index (χ0) is 14.0. The standard InChI is InChI=1S/C10H10BrClN4O2S/c1-6(10-13-5-14-15-10)16-19(17,18)9-3-2-7(11)4-8(9)12/h2-6,16H,1H3,(H,13,14,15). The molecular weight excluding hydrogens is 356 g/mol. The number of sulfonamides is 1. The van der Waals surface area contributed by atoms with Gasteiger partial charge in [-0.05, 0) is 25.1 Å². The molecule has 9 heteroatoms. The summed E-state index contributed by atoms with van der Waals surface area (Å²) in [5.41, 5.74) is 0. The highest BCUT2D eigenvalue weighted by atomic mass is 79.9. The molecule has 1 heterocycles. The molecule has 2 N–H and O–H groups in total. The van der Waals surface area contributed by atoms with Gasteiger partial charge in [0.2, 0.25) is 10.0 Å². The lowest BCUT2D eigenvalue weighted by Gasteiger charge is -2.12. The van der Waals surface area contributed by atoms with Crippen molar-refractivity contribution in [3.63, 3.8) is 0 Å². The second-order valence-electron chi connectivity index (χ2n) is 3.79. The predicted molar refractivity (Wildman–Crippen MR) is 74.3 cm³/mol. The monoisotopic (exact) mass is 364 g/mol. The van der Waals surface area contributed by atoms with Gasteiger partial charge in [0.15, 0.2) is 0 Å². The SMILES string of the molecule is CC(NS(=O)(=O)c1ccc(Br)cc1Cl)c1ncn[nH]1. The summed E-state index contributed by atoms with van der Waals surface area (Å²) in [6.07, 6.45) is 1.31. The number of aromatic amines is 1. The number of halogens is 2. The van der Waals surface area contributed by atoms with E-state index < -0.39 is 16.1 Å². The average Bonchev–Trinajstić information content (AvgIpc) is 2.80. The first-order chi connectivity index (χ1) is 8.90. The van der Waals surface area contributed by atoms with E-state index in [-0.39, 0.29) is 9.92 Å². The minimum Gasteiger partial charge on any atom is -0.262 e. The van der Waals surface area contributed by atoms with Gasteiger partial charge in [0.05, 0.1) is 11.1 Å². The summed E-state index contributed by atoms with van der Waals surface area (Å²) in [7, 11) is -3.72. The zero-order valence-electron chi connectivity index (χ0n) is 9.76. The molecule has 102 valence electrons. The molecule has 1 aromatic carbocycles. The van der Waals surface area contributed by atoms with Crippen LogP contribution in [0, 0.1) is 0 Å². The summed E-state index contributed by atoms with van der Waals surface area (Å²) in [5.74, 6) is 0.428. The number of rotatable bonds is 4. The lowest BCUT2D eigenvalue weighted by molar-refractivity contribution is 0.560. The number of nitrogens with one attached hydrogen (secondary N) is 2. The second kappa shape index (κ2) is 5.58. The van der Waals surface area contributed by atoms with Crippen LogP contribution >= 0.6 is 27.5 Å². The second-order valence-corrected chi connectivity index (χ2v) is 6.79. The number of H-pyrrole nitrogens is 1. The van der Waals surface area contributed by atoms with Crippen molar-refractivity contribution in [1.82, 2.24) is 19.9 Å². The maximum Gasteiger partial charge on any atom is 0.242 e. The highest BCUT2D eigenvalue weighted by molar-refractivity contribution is 9.10. The summed E-state index contributed by atoms with van der Waals surface area (Å²) in [4.78, 5) is 3.91. The molecule has 0 bridgehead atoms. The molecule has 6 nitrogen and oxygen atoms in total. The minimum absolute atomic E-state index is 0.0173. The lowest BCUT2D eigenvalue weighted by atomic mass is 10.3. The third-order valence-corrected chi connectivity index (χ3v) is 4.88. The first-order valence-corrected chi connectivity index (χ1v) is 7.88. The van der Waals surface area contributed by atoms with Gasteiger partial charge < -0.3 is 0 Å². The molecule has 0 spiro atoms. The van der Waals surface area contributed by atoms with Crippen molar-refractivity contribution in [1.29, 1.82) is 0 Å². The van der Waals surface area contributed by atoms with E-state index in [2.05, 4.69) is 35.8 Å². The number of benzene rings is 1. The minimum atomic E-state index is -3.72. The van der Waals surface area contributed by atoms with Crippen LogP contribution in [0.25, 0.3) is 0 Å². The molecule has 0 fully saturated rings. The molecule has 0 aliphatic heterocycles. The average molecular weight is 366 g/mol. The van der Waals surface area contributed by atoms with Gasteiger partial charge in [0, 0.05) is 4.47 Å². The van der Waals surface area contributed by atoms with Crippen LogP contribution in [0.5, 0.6) is 0 Å². The van der Waals surface area contributed by atoms with Gasteiger partial charge in [0.1, 0.15) is 17.0 Å². The summed E-state index contributed by atoms with van der Waals surface area (Å²) in [5, 5.41) is 6.42. The molecule has 0 saturated carbocycles. The van der Waals surface area contributed by atoms with E-state index in [9.17, 15) is 8.42 Å². The predicted octanol–water partition coefficient (Wildman–Crippen LogP) is 2.26. The van der Waals surface area contributed by atoms with Crippen molar-refractivity contribution in [2.75, 3.05) is 0 Å². The Morgan fingerprint density at radius 3 is 2.79 bits per heavy atom. The van der Waals surface area contributed by atoms with Crippen LogP contribution < -0.4 is 4.72 Å². The fraction of sp³-hybridized carbons (Fsp3) is 0.200. The Labute approximate surface area is 123 Å². The van der Waals surface area contributed by atoms with Crippen LogP contribution in [0.1, 0.15) is 18.8 Å². The lowest BCUT2D eigenvalue weighted by Crippen LogP contribution is -2.27. The summed E-state index contributed by atoms with van der Waals surface area (Å²) in [6.45, 7) is 1.66. The third-order valence-electron chi connectivity index (χ3n) is 2.36. The maximum absolute atomic E-state index is 12.2. The molecule has 0 aliphatic rings. The molecule has 1 atom stereocenters. The van der Waals surface area contributed by atoms with Gasteiger partial charge in [0.25, 0.3) is 0 Å².